The molecule has 0 bridgehead atoms. The van der Waals surface area contributed by atoms with Crippen LogP contribution in [0.4, 0.5) is 4.39 Å². The average Bonchev–Trinajstić information content (AvgIpc) is 2.14. The Labute approximate surface area is 86.5 Å². The number of nitrogens with one attached hydrogen (secondary N) is 1. The molecule has 0 saturated heterocycles. The van der Waals surface area contributed by atoms with Crippen LogP contribution in [-0.4, -0.2) is 13.2 Å². The molecule has 0 aliphatic rings. The Hall–Kier alpha value is -0.410. The lowest BCUT2D eigenvalue weighted by atomic mass is 10.1. The second kappa shape index (κ2) is 5.35. The normalized spacial score (nSPS) is 12.8. The molecule has 0 radical (unpaired) electrons. The van der Waals surface area contributed by atoms with E-state index in [0.717, 1.165) is 4.47 Å². The zero-order chi connectivity index (χ0) is 9.68. The predicted octanol–water partition coefficient (Wildman–Crippen LogP) is 3.07. The first-order valence-corrected chi connectivity index (χ1v) is 5.08. The third-order valence-electron chi connectivity index (χ3n) is 1.89. The van der Waals surface area contributed by atoms with E-state index in [0.29, 0.717) is 6.54 Å². The highest BCUT2D eigenvalue weighted by molar-refractivity contribution is 9.10. The van der Waals surface area contributed by atoms with Crippen molar-refractivity contribution in [2.24, 2.45) is 0 Å². The van der Waals surface area contributed by atoms with E-state index < -0.39 is 0 Å². The molecule has 1 atom stereocenters. The molecular weight excluding hydrogens is 233 g/mol. The van der Waals surface area contributed by atoms with Crippen molar-refractivity contribution in [3.8, 4) is 0 Å². The van der Waals surface area contributed by atoms with E-state index in [1.165, 1.54) is 5.56 Å². The van der Waals surface area contributed by atoms with E-state index in [9.17, 15) is 4.39 Å². The standard InChI is InChI=1S/C10H13BrFN/c1-8(13-6-5-12)9-3-2-4-10(11)7-9/h2-4,7-8,13H,5-6H2,1H3/t8-/m0/s1. The Morgan fingerprint density at radius 2 is 2.31 bits per heavy atom. The van der Waals surface area contributed by atoms with Crippen LogP contribution in [0.15, 0.2) is 28.7 Å². The molecule has 1 rings (SSSR count). The third kappa shape index (κ3) is 3.44. The van der Waals surface area contributed by atoms with Crippen molar-refractivity contribution < 1.29 is 4.39 Å². The van der Waals surface area contributed by atoms with Crippen molar-refractivity contribution >= 4 is 15.9 Å². The summed E-state index contributed by atoms with van der Waals surface area (Å²) in [6.45, 7) is 2.11. The van der Waals surface area contributed by atoms with Crippen LogP contribution < -0.4 is 5.32 Å². The summed E-state index contributed by atoms with van der Waals surface area (Å²) < 4.78 is 12.9. The SMILES string of the molecule is C[C@H](NCCF)c1cccc(Br)c1. The minimum atomic E-state index is -0.321. The lowest BCUT2D eigenvalue weighted by molar-refractivity contribution is 0.444. The Morgan fingerprint density at radius 1 is 1.54 bits per heavy atom. The maximum absolute atomic E-state index is 11.9. The minimum Gasteiger partial charge on any atom is -0.308 e. The molecule has 0 saturated carbocycles. The summed E-state index contributed by atoms with van der Waals surface area (Å²) in [5.41, 5.74) is 1.17. The van der Waals surface area contributed by atoms with Crippen molar-refractivity contribution in [2.75, 3.05) is 13.2 Å². The second-order valence-corrected chi connectivity index (χ2v) is 3.84. The smallest absolute Gasteiger partial charge is 0.102 e. The molecule has 0 fully saturated rings. The largest absolute Gasteiger partial charge is 0.308 e. The van der Waals surface area contributed by atoms with Crippen molar-refractivity contribution in [3.63, 3.8) is 0 Å². The van der Waals surface area contributed by atoms with E-state index >= 15 is 0 Å². The second-order valence-electron chi connectivity index (χ2n) is 2.92. The minimum absolute atomic E-state index is 0.202. The van der Waals surface area contributed by atoms with E-state index in [1.807, 2.05) is 31.2 Å². The van der Waals surface area contributed by atoms with Gasteiger partial charge in [0.2, 0.25) is 0 Å². The van der Waals surface area contributed by atoms with Crippen molar-refractivity contribution in [2.45, 2.75) is 13.0 Å². The van der Waals surface area contributed by atoms with Crippen molar-refractivity contribution in [3.05, 3.63) is 34.3 Å². The molecule has 1 aromatic rings. The predicted molar refractivity (Wildman–Crippen MR) is 56.5 cm³/mol. The van der Waals surface area contributed by atoms with Crippen LogP contribution in [-0.2, 0) is 0 Å². The molecule has 0 aliphatic heterocycles. The van der Waals surface area contributed by atoms with Gasteiger partial charge in [-0.25, -0.2) is 4.39 Å². The van der Waals surface area contributed by atoms with E-state index in [4.69, 9.17) is 0 Å². The summed E-state index contributed by atoms with van der Waals surface area (Å²) in [6, 6.07) is 8.22. The topological polar surface area (TPSA) is 12.0 Å². The highest BCUT2D eigenvalue weighted by atomic mass is 79.9. The number of alkyl halides is 1. The fourth-order valence-corrected chi connectivity index (χ4v) is 1.58. The molecule has 1 N–H and O–H groups in total. The third-order valence-corrected chi connectivity index (χ3v) is 2.39. The number of hydrogen-bond donors (Lipinski definition) is 1. The van der Waals surface area contributed by atoms with Gasteiger partial charge in [-0.3, -0.25) is 0 Å². The van der Waals surface area contributed by atoms with Gasteiger partial charge >= 0.3 is 0 Å². The Bertz CT molecular complexity index is 265. The number of rotatable bonds is 4. The van der Waals surface area contributed by atoms with Crippen LogP contribution >= 0.6 is 15.9 Å². The summed E-state index contributed by atoms with van der Waals surface area (Å²) in [6.07, 6.45) is 0. The zero-order valence-electron chi connectivity index (χ0n) is 7.56. The van der Waals surface area contributed by atoms with Crippen molar-refractivity contribution in [1.82, 2.24) is 5.32 Å². The van der Waals surface area contributed by atoms with Crippen LogP contribution in [0.3, 0.4) is 0 Å². The molecule has 0 amide bonds. The Balaban J connectivity index is 2.60. The number of benzene rings is 1. The fourth-order valence-electron chi connectivity index (χ4n) is 1.16. The maximum atomic E-state index is 11.9. The van der Waals surface area contributed by atoms with Gasteiger partial charge in [0, 0.05) is 17.1 Å². The quantitative estimate of drug-likeness (QED) is 0.860. The molecule has 0 aromatic heterocycles. The van der Waals surface area contributed by atoms with Crippen LogP contribution in [0.25, 0.3) is 0 Å². The molecule has 0 spiro atoms. The van der Waals surface area contributed by atoms with Crippen LogP contribution in [0, 0.1) is 0 Å². The van der Waals surface area contributed by atoms with Gasteiger partial charge in [-0.05, 0) is 24.6 Å². The summed E-state index contributed by atoms with van der Waals surface area (Å²) in [5, 5.41) is 3.08. The van der Waals surface area contributed by atoms with Crippen LogP contribution in [0.1, 0.15) is 18.5 Å². The zero-order valence-corrected chi connectivity index (χ0v) is 9.14. The highest BCUT2D eigenvalue weighted by Gasteiger charge is 2.03. The molecule has 1 aromatic carbocycles. The summed E-state index contributed by atoms with van der Waals surface area (Å²) in [5.74, 6) is 0. The van der Waals surface area contributed by atoms with E-state index in [-0.39, 0.29) is 12.7 Å². The van der Waals surface area contributed by atoms with Crippen molar-refractivity contribution in [1.29, 1.82) is 0 Å². The summed E-state index contributed by atoms with van der Waals surface area (Å²) >= 11 is 3.40. The maximum Gasteiger partial charge on any atom is 0.102 e. The molecule has 72 valence electrons. The lowest BCUT2D eigenvalue weighted by Crippen LogP contribution is -2.20. The molecule has 0 aliphatic carbocycles. The lowest BCUT2D eigenvalue weighted by Gasteiger charge is -2.12. The number of halogens is 2. The summed E-state index contributed by atoms with van der Waals surface area (Å²) in [7, 11) is 0. The highest BCUT2D eigenvalue weighted by Crippen LogP contribution is 2.17. The van der Waals surface area contributed by atoms with E-state index in [2.05, 4.69) is 21.2 Å². The first-order chi connectivity index (χ1) is 6.24. The fraction of sp³-hybridized carbons (Fsp3) is 0.400. The van der Waals surface area contributed by atoms with Gasteiger partial charge in [0.05, 0.1) is 0 Å². The van der Waals surface area contributed by atoms with Gasteiger partial charge in [-0.2, -0.15) is 0 Å². The molecular formula is C10H13BrFN. The molecule has 3 heteroatoms. The van der Waals surface area contributed by atoms with Crippen LogP contribution in [0.5, 0.6) is 0 Å². The monoisotopic (exact) mass is 245 g/mol. The Kier molecular flexibility index (Phi) is 4.39. The molecule has 1 nitrogen and oxygen atoms in total. The first kappa shape index (κ1) is 10.7. The molecule has 0 heterocycles. The van der Waals surface area contributed by atoms with E-state index in [1.54, 1.807) is 0 Å². The van der Waals surface area contributed by atoms with Gasteiger partial charge in [-0.15, -0.1) is 0 Å². The van der Waals surface area contributed by atoms with Gasteiger partial charge < -0.3 is 5.32 Å². The van der Waals surface area contributed by atoms with Crippen LogP contribution in [0.2, 0.25) is 0 Å². The van der Waals surface area contributed by atoms with Gasteiger partial charge in [0.1, 0.15) is 6.67 Å². The molecule has 13 heavy (non-hydrogen) atoms. The average molecular weight is 246 g/mol. The Morgan fingerprint density at radius 3 is 2.92 bits per heavy atom. The van der Waals surface area contributed by atoms with Gasteiger partial charge in [0.15, 0.2) is 0 Å². The molecule has 0 unspecified atom stereocenters. The van der Waals surface area contributed by atoms with Gasteiger partial charge in [0.25, 0.3) is 0 Å². The summed E-state index contributed by atoms with van der Waals surface area (Å²) in [4.78, 5) is 0. The first-order valence-electron chi connectivity index (χ1n) is 4.29. The van der Waals surface area contributed by atoms with Gasteiger partial charge in [-0.1, -0.05) is 28.1 Å². The number of hydrogen-bond acceptors (Lipinski definition) is 1.